The lowest BCUT2D eigenvalue weighted by Crippen LogP contribution is -2.37. The number of aryl methyl sites for hydroxylation is 2. The lowest BCUT2D eigenvalue weighted by atomic mass is 10.2. The highest BCUT2D eigenvalue weighted by molar-refractivity contribution is 7.09. The number of carbonyl (C=O) groups is 2. The van der Waals surface area contributed by atoms with E-state index in [1.807, 2.05) is 11.4 Å². The van der Waals surface area contributed by atoms with Crippen LogP contribution in [0.1, 0.15) is 21.8 Å². The van der Waals surface area contributed by atoms with E-state index >= 15 is 0 Å². The molecule has 0 atom stereocenters. The van der Waals surface area contributed by atoms with Gasteiger partial charge in [0.2, 0.25) is 5.91 Å². The Balaban J connectivity index is 1.61. The quantitative estimate of drug-likeness (QED) is 0.748. The van der Waals surface area contributed by atoms with Crippen molar-refractivity contribution in [3.63, 3.8) is 0 Å². The molecule has 0 aliphatic carbocycles. The van der Waals surface area contributed by atoms with E-state index in [4.69, 9.17) is 0 Å². The fourth-order valence-electron chi connectivity index (χ4n) is 1.86. The second-order valence-corrected chi connectivity index (χ2v) is 5.59. The lowest BCUT2D eigenvalue weighted by molar-refractivity contribution is -0.120. The molecule has 112 valence electrons. The van der Waals surface area contributed by atoms with Crippen LogP contribution in [0.5, 0.6) is 0 Å². The second-order valence-electron chi connectivity index (χ2n) is 4.56. The van der Waals surface area contributed by atoms with Crippen molar-refractivity contribution in [1.29, 1.82) is 0 Å². The van der Waals surface area contributed by atoms with Crippen molar-refractivity contribution in [3.8, 4) is 0 Å². The third-order valence-corrected chi connectivity index (χ3v) is 3.90. The van der Waals surface area contributed by atoms with Crippen LogP contribution in [0.25, 0.3) is 0 Å². The van der Waals surface area contributed by atoms with Crippen molar-refractivity contribution in [1.82, 2.24) is 20.4 Å². The predicted octanol–water partition coefficient (Wildman–Crippen LogP) is 0.960. The highest BCUT2D eigenvalue weighted by Crippen LogP contribution is 2.10. The van der Waals surface area contributed by atoms with Crippen LogP contribution in [0.3, 0.4) is 0 Å². The monoisotopic (exact) mass is 306 g/mol. The molecular weight excluding hydrogens is 288 g/mol. The van der Waals surface area contributed by atoms with Crippen LogP contribution in [-0.4, -0.2) is 34.7 Å². The Hall–Kier alpha value is -2.15. The van der Waals surface area contributed by atoms with Crippen LogP contribution in [0, 0.1) is 0 Å². The molecule has 0 aromatic carbocycles. The molecule has 2 rings (SSSR count). The van der Waals surface area contributed by atoms with Crippen molar-refractivity contribution < 1.29 is 9.59 Å². The summed E-state index contributed by atoms with van der Waals surface area (Å²) in [6.45, 7) is 0.585. The smallest absolute Gasteiger partial charge is 0.269 e. The zero-order valence-corrected chi connectivity index (χ0v) is 12.7. The molecule has 2 heterocycles. The number of rotatable bonds is 7. The summed E-state index contributed by atoms with van der Waals surface area (Å²) in [5.74, 6) is -0.486. The molecule has 6 nitrogen and oxygen atoms in total. The molecule has 0 aliphatic heterocycles. The Bertz CT molecular complexity index is 592. The van der Waals surface area contributed by atoms with Crippen LogP contribution in [0.15, 0.2) is 29.8 Å². The van der Waals surface area contributed by atoms with Gasteiger partial charge < -0.3 is 10.6 Å². The topological polar surface area (TPSA) is 76.0 Å². The normalized spacial score (nSPS) is 10.3. The minimum absolute atomic E-state index is 0.0248. The molecule has 2 aromatic rings. The third-order valence-electron chi connectivity index (χ3n) is 2.97. The van der Waals surface area contributed by atoms with Crippen molar-refractivity contribution >= 4 is 23.2 Å². The summed E-state index contributed by atoms with van der Waals surface area (Å²) in [7, 11) is 1.68. The first-order valence-electron chi connectivity index (χ1n) is 6.72. The first-order valence-corrected chi connectivity index (χ1v) is 7.60. The number of aromatic nitrogens is 2. The molecule has 21 heavy (non-hydrogen) atoms. The highest BCUT2D eigenvalue weighted by Gasteiger charge is 2.10. The summed E-state index contributed by atoms with van der Waals surface area (Å²) in [6.07, 6.45) is 3.39. The van der Waals surface area contributed by atoms with Crippen molar-refractivity contribution in [2.75, 3.05) is 13.1 Å². The fraction of sp³-hybridized carbons (Fsp3) is 0.357. The molecule has 0 spiro atoms. The minimum Gasteiger partial charge on any atom is -0.355 e. The zero-order chi connectivity index (χ0) is 15.1. The first-order chi connectivity index (χ1) is 10.2. The predicted molar refractivity (Wildman–Crippen MR) is 81.2 cm³/mol. The largest absolute Gasteiger partial charge is 0.355 e. The van der Waals surface area contributed by atoms with E-state index in [9.17, 15) is 9.59 Å². The summed E-state index contributed by atoms with van der Waals surface area (Å²) < 4.78 is 1.47. The molecule has 0 aliphatic rings. The van der Waals surface area contributed by atoms with Gasteiger partial charge in [-0.25, -0.2) is 0 Å². The lowest BCUT2D eigenvalue weighted by Gasteiger charge is -2.06. The average molecular weight is 306 g/mol. The summed E-state index contributed by atoms with van der Waals surface area (Å²) in [5, 5.41) is 11.3. The molecule has 0 unspecified atom stereocenters. The molecule has 2 amide bonds. The molecule has 0 bridgehead atoms. The average Bonchev–Trinajstić information content (AvgIpc) is 3.12. The van der Waals surface area contributed by atoms with E-state index in [-0.39, 0.29) is 18.4 Å². The first kappa shape index (κ1) is 15.2. The van der Waals surface area contributed by atoms with Crippen molar-refractivity contribution in [2.24, 2.45) is 7.05 Å². The van der Waals surface area contributed by atoms with Crippen LogP contribution in [-0.2, 0) is 18.3 Å². The number of nitrogens with zero attached hydrogens (tertiary/aromatic N) is 2. The molecule has 0 radical (unpaired) electrons. The summed E-state index contributed by atoms with van der Waals surface area (Å²) in [5.41, 5.74) is 0.431. The molecule has 0 saturated heterocycles. The maximum Gasteiger partial charge on any atom is 0.269 e. The summed E-state index contributed by atoms with van der Waals surface area (Å²) in [4.78, 5) is 24.7. The summed E-state index contributed by atoms with van der Waals surface area (Å²) in [6, 6.07) is 5.71. The molecule has 2 N–H and O–H groups in total. The van der Waals surface area contributed by atoms with E-state index in [0.29, 0.717) is 12.2 Å². The van der Waals surface area contributed by atoms with Gasteiger partial charge in [0.05, 0.1) is 6.54 Å². The SMILES string of the molecule is Cn1nccc1C(=O)NCC(=O)NCCCc1cccs1. The van der Waals surface area contributed by atoms with Gasteiger partial charge in [-0.3, -0.25) is 14.3 Å². The summed E-state index contributed by atoms with van der Waals surface area (Å²) >= 11 is 1.72. The maximum absolute atomic E-state index is 11.8. The molecule has 2 aromatic heterocycles. The van der Waals surface area contributed by atoms with Crippen LogP contribution in [0.4, 0.5) is 0 Å². The number of hydrogen-bond donors (Lipinski definition) is 2. The number of hydrogen-bond acceptors (Lipinski definition) is 4. The van der Waals surface area contributed by atoms with Crippen LogP contribution >= 0.6 is 11.3 Å². The van der Waals surface area contributed by atoms with Gasteiger partial charge in [0.25, 0.3) is 5.91 Å². The Morgan fingerprint density at radius 3 is 2.86 bits per heavy atom. The Kier molecular flexibility index (Phi) is 5.51. The highest BCUT2D eigenvalue weighted by atomic mass is 32.1. The van der Waals surface area contributed by atoms with E-state index in [1.54, 1.807) is 30.6 Å². The van der Waals surface area contributed by atoms with Gasteiger partial charge in [-0.15, -0.1) is 11.3 Å². The van der Waals surface area contributed by atoms with Crippen LogP contribution < -0.4 is 10.6 Å². The van der Waals surface area contributed by atoms with E-state index < -0.39 is 0 Å². The number of nitrogens with one attached hydrogen (secondary N) is 2. The van der Waals surface area contributed by atoms with Gasteiger partial charge in [0.15, 0.2) is 0 Å². The zero-order valence-electron chi connectivity index (χ0n) is 11.8. The molecule has 7 heteroatoms. The van der Waals surface area contributed by atoms with Crippen LogP contribution in [0.2, 0.25) is 0 Å². The maximum atomic E-state index is 11.8. The molecule has 0 saturated carbocycles. The van der Waals surface area contributed by atoms with E-state index in [1.165, 1.54) is 9.56 Å². The van der Waals surface area contributed by atoms with E-state index in [2.05, 4.69) is 21.8 Å². The Morgan fingerprint density at radius 1 is 1.33 bits per heavy atom. The molecular formula is C14H18N4O2S. The number of carbonyl (C=O) groups excluding carboxylic acids is 2. The van der Waals surface area contributed by atoms with Gasteiger partial charge in [0, 0.05) is 24.7 Å². The van der Waals surface area contributed by atoms with Gasteiger partial charge in [-0.05, 0) is 30.4 Å². The Labute approximate surface area is 127 Å². The van der Waals surface area contributed by atoms with E-state index in [0.717, 1.165) is 12.8 Å². The second kappa shape index (κ2) is 7.58. The Morgan fingerprint density at radius 2 is 2.19 bits per heavy atom. The molecule has 0 fully saturated rings. The van der Waals surface area contributed by atoms with Gasteiger partial charge in [-0.1, -0.05) is 6.07 Å². The van der Waals surface area contributed by atoms with Crippen molar-refractivity contribution in [3.05, 3.63) is 40.3 Å². The third kappa shape index (κ3) is 4.71. The number of thiophene rings is 1. The number of amides is 2. The fourth-order valence-corrected chi connectivity index (χ4v) is 2.61. The minimum atomic E-state index is -0.302. The standard InChI is InChI=1S/C14H18N4O2S/c1-18-12(6-8-17-18)14(20)16-10-13(19)15-7-2-4-11-5-3-9-21-11/h3,5-6,8-9H,2,4,7,10H2,1H3,(H,15,19)(H,16,20). The van der Waals surface area contributed by atoms with Crippen molar-refractivity contribution in [2.45, 2.75) is 12.8 Å². The van der Waals surface area contributed by atoms with Gasteiger partial charge in [-0.2, -0.15) is 5.10 Å². The van der Waals surface area contributed by atoms with Gasteiger partial charge in [0.1, 0.15) is 5.69 Å². The van der Waals surface area contributed by atoms with Gasteiger partial charge >= 0.3 is 0 Å².